The van der Waals surface area contributed by atoms with Gasteiger partial charge in [0.15, 0.2) is 0 Å². The number of aryl methyl sites for hydroxylation is 2. The summed E-state index contributed by atoms with van der Waals surface area (Å²) in [4.78, 5) is 29.7. The molecule has 7 heteroatoms. The van der Waals surface area contributed by atoms with Gasteiger partial charge in [0.1, 0.15) is 5.71 Å². The Morgan fingerprint density at radius 2 is 1.54 bits per heavy atom. The molecule has 0 aliphatic rings. The second kappa shape index (κ2) is 9.30. The molecule has 0 spiro atoms. The van der Waals surface area contributed by atoms with Gasteiger partial charge in [0.05, 0.1) is 17.7 Å². The van der Waals surface area contributed by atoms with Gasteiger partial charge in [0.25, 0.3) is 5.56 Å². The van der Waals surface area contributed by atoms with Crippen molar-refractivity contribution in [2.45, 2.75) is 20.3 Å². The maximum Gasteiger partial charge on any atom is 0.281 e. The van der Waals surface area contributed by atoms with Gasteiger partial charge in [0.2, 0.25) is 5.91 Å². The number of hydrogen-bond donors (Lipinski definition) is 3. The molecule has 0 aliphatic carbocycles. The molecular weight excluding hydrogens is 438 g/mol. The van der Waals surface area contributed by atoms with Gasteiger partial charge >= 0.3 is 0 Å². The van der Waals surface area contributed by atoms with Gasteiger partial charge < -0.3 is 4.98 Å². The van der Waals surface area contributed by atoms with Crippen LogP contribution in [0.2, 0.25) is 0 Å². The number of benzene rings is 3. The highest BCUT2D eigenvalue weighted by Crippen LogP contribution is 2.22. The van der Waals surface area contributed by atoms with Crippen LogP contribution >= 0.6 is 0 Å². The molecule has 0 aliphatic heterocycles. The number of carbonyl (C=O) groups excluding carboxylic acids is 1. The molecule has 0 saturated heterocycles. The molecule has 0 unspecified atom stereocenters. The molecule has 0 radical (unpaired) electrons. The fraction of sp³-hybridized carbons (Fsp3) is 0.107. The Kier molecular flexibility index (Phi) is 5.89. The normalized spacial score (nSPS) is 11.7. The molecule has 0 fully saturated rings. The second-order valence-electron chi connectivity index (χ2n) is 8.40. The van der Waals surface area contributed by atoms with Crippen molar-refractivity contribution < 1.29 is 4.79 Å². The summed E-state index contributed by atoms with van der Waals surface area (Å²) >= 11 is 0. The van der Waals surface area contributed by atoms with Gasteiger partial charge in [-0.2, -0.15) is 5.10 Å². The molecule has 3 aromatic carbocycles. The van der Waals surface area contributed by atoms with Gasteiger partial charge in [-0.15, -0.1) is 0 Å². The largest absolute Gasteiger partial charge is 0.358 e. The van der Waals surface area contributed by atoms with Crippen LogP contribution in [0.25, 0.3) is 16.6 Å². The Morgan fingerprint density at radius 1 is 0.886 bits per heavy atom. The number of fused-ring (bicyclic) bond motifs is 1. The van der Waals surface area contributed by atoms with Crippen molar-refractivity contribution in [3.63, 3.8) is 0 Å². The fourth-order valence-electron chi connectivity index (χ4n) is 4.33. The summed E-state index contributed by atoms with van der Waals surface area (Å²) in [5.41, 5.74) is 8.23. The Hall–Kier alpha value is -4.65. The van der Waals surface area contributed by atoms with Crippen molar-refractivity contribution in [1.82, 2.24) is 20.2 Å². The molecule has 5 aromatic rings. The summed E-state index contributed by atoms with van der Waals surface area (Å²) in [6, 6.07) is 26.6. The van der Waals surface area contributed by atoms with E-state index < -0.39 is 0 Å². The first-order chi connectivity index (χ1) is 17.0. The number of H-pyrrole nitrogens is 2. The molecule has 7 nitrogen and oxygen atoms in total. The summed E-state index contributed by atoms with van der Waals surface area (Å²) in [5, 5.41) is 8.61. The van der Waals surface area contributed by atoms with Crippen molar-refractivity contribution in [2.24, 2.45) is 5.10 Å². The third kappa shape index (κ3) is 4.31. The summed E-state index contributed by atoms with van der Waals surface area (Å²) < 4.78 is 1.49. The quantitative estimate of drug-likeness (QED) is 0.258. The van der Waals surface area contributed by atoms with E-state index in [4.69, 9.17) is 0 Å². The Morgan fingerprint density at radius 3 is 2.29 bits per heavy atom. The minimum Gasteiger partial charge on any atom is -0.358 e. The first-order valence-electron chi connectivity index (χ1n) is 11.4. The average molecular weight is 464 g/mol. The molecular formula is C28H25N5O2. The highest BCUT2D eigenvalue weighted by atomic mass is 16.2. The topological polar surface area (TPSA) is 95.0 Å². The van der Waals surface area contributed by atoms with Crippen LogP contribution in [0.3, 0.4) is 0 Å². The lowest BCUT2D eigenvalue weighted by atomic mass is 10.0. The van der Waals surface area contributed by atoms with Crippen LogP contribution in [-0.4, -0.2) is 26.4 Å². The third-order valence-electron chi connectivity index (χ3n) is 6.03. The maximum atomic E-state index is 13.4. The minimum absolute atomic E-state index is 0.168. The summed E-state index contributed by atoms with van der Waals surface area (Å²) in [7, 11) is 0. The molecule has 35 heavy (non-hydrogen) atoms. The molecule has 2 aromatic heterocycles. The smallest absolute Gasteiger partial charge is 0.281 e. The SMILES string of the molecule is Cc1[nH]n(-c2ccccc2)c(=O)c1/C(=N\NC(=O)Cc1c(C)[nH]c2ccccc12)c1ccccc1. The lowest BCUT2D eigenvalue weighted by Gasteiger charge is -2.07. The zero-order valence-corrected chi connectivity index (χ0v) is 19.5. The van der Waals surface area contributed by atoms with Crippen LogP contribution in [0.5, 0.6) is 0 Å². The van der Waals surface area contributed by atoms with Crippen molar-refractivity contribution in [3.8, 4) is 5.69 Å². The molecule has 2 heterocycles. The first kappa shape index (κ1) is 22.2. The van der Waals surface area contributed by atoms with E-state index in [0.717, 1.165) is 33.4 Å². The van der Waals surface area contributed by atoms with Gasteiger partial charge in [-0.25, -0.2) is 10.1 Å². The molecule has 3 N–H and O–H groups in total. The number of amides is 1. The van der Waals surface area contributed by atoms with Crippen LogP contribution in [0.1, 0.15) is 28.1 Å². The Labute approximate surface area is 202 Å². The second-order valence-corrected chi connectivity index (χ2v) is 8.40. The zero-order valence-electron chi connectivity index (χ0n) is 19.5. The van der Waals surface area contributed by atoms with E-state index in [0.29, 0.717) is 17.0 Å². The predicted molar refractivity (Wildman–Crippen MR) is 138 cm³/mol. The van der Waals surface area contributed by atoms with E-state index >= 15 is 0 Å². The standard InChI is InChI=1S/C28H25N5O2/c1-18-23(22-15-9-10-16-24(22)29-18)17-25(34)30-31-27(20-11-5-3-6-12-20)26-19(2)32-33(28(26)35)21-13-7-4-8-14-21/h3-16,29,32H,17H2,1-2H3,(H,30,34)/b31-27-. The van der Waals surface area contributed by atoms with E-state index in [9.17, 15) is 9.59 Å². The molecule has 1 amide bonds. The number of nitrogens with zero attached hydrogens (tertiary/aromatic N) is 2. The lowest BCUT2D eigenvalue weighted by molar-refractivity contribution is -0.120. The number of nitrogens with one attached hydrogen (secondary N) is 3. The number of aromatic nitrogens is 3. The number of carbonyl (C=O) groups is 1. The molecule has 0 saturated carbocycles. The lowest BCUT2D eigenvalue weighted by Crippen LogP contribution is -2.26. The number of para-hydroxylation sites is 2. The first-order valence-corrected chi connectivity index (χ1v) is 11.4. The molecule has 5 rings (SSSR count). The number of hydrazone groups is 1. The van der Waals surface area contributed by atoms with Crippen molar-refractivity contribution in [2.75, 3.05) is 0 Å². The van der Waals surface area contributed by atoms with E-state index in [1.165, 1.54) is 4.68 Å². The molecule has 0 bridgehead atoms. The average Bonchev–Trinajstić information content (AvgIpc) is 3.36. The van der Waals surface area contributed by atoms with Crippen molar-refractivity contribution in [3.05, 3.63) is 123 Å². The Bertz CT molecular complexity index is 1590. The van der Waals surface area contributed by atoms with E-state index in [-0.39, 0.29) is 17.9 Å². The van der Waals surface area contributed by atoms with Crippen LogP contribution < -0.4 is 11.0 Å². The predicted octanol–water partition coefficient (Wildman–Crippen LogP) is 4.38. The highest BCUT2D eigenvalue weighted by Gasteiger charge is 2.20. The van der Waals surface area contributed by atoms with Gasteiger partial charge in [-0.05, 0) is 37.6 Å². The van der Waals surface area contributed by atoms with E-state index in [1.54, 1.807) is 0 Å². The van der Waals surface area contributed by atoms with Crippen LogP contribution in [-0.2, 0) is 11.2 Å². The van der Waals surface area contributed by atoms with Gasteiger partial charge in [-0.3, -0.25) is 14.7 Å². The highest BCUT2D eigenvalue weighted by molar-refractivity contribution is 6.13. The van der Waals surface area contributed by atoms with Crippen LogP contribution in [0, 0.1) is 13.8 Å². The summed E-state index contributed by atoms with van der Waals surface area (Å²) in [6.07, 6.45) is 0.168. The number of hydrogen-bond acceptors (Lipinski definition) is 3. The van der Waals surface area contributed by atoms with Crippen molar-refractivity contribution in [1.29, 1.82) is 0 Å². The molecule has 174 valence electrons. The fourth-order valence-corrected chi connectivity index (χ4v) is 4.33. The van der Waals surface area contributed by atoms with Gasteiger partial charge in [-0.1, -0.05) is 66.7 Å². The van der Waals surface area contributed by atoms with Crippen LogP contribution in [0.15, 0.2) is 94.8 Å². The zero-order chi connectivity index (χ0) is 24.4. The van der Waals surface area contributed by atoms with E-state index in [1.807, 2.05) is 98.8 Å². The monoisotopic (exact) mass is 463 g/mol. The minimum atomic E-state index is -0.261. The summed E-state index contributed by atoms with van der Waals surface area (Å²) in [6.45, 7) is 3.78. The van der Waals surface area contributed by atoms with Crippen LogP contribution in [0.4, 0.5) is 0 Å². The number of aromatic amines is 2. The third-order valence-corrected chi connectivity index (χ3v) is 6.03. The Balaban J connectivity index is 1.51. The van der Waals surface area contributed by atoms with Crippen molar-refractivity contribution >= 4 is 22.5 Å². The number of rotatable bonds is 6. The summed E-state index contributed by atoms with van der Waals surface area (Å²) in [5.74, 6) is -0.261. The van der Waals surface area contributed by atoms with E-state index in [2.05, 4.69) is 20.6 Å². The van der Waals surface area contributed by atoms with Gasteiger partial charge in [0, 0.05) is 27.9 Å². The maximum absolute atomic E-state index is 13.4. The molecule has 0 atom stereocenters.